The number of carbonyl (C=O) groups is 2. The number of hydrogen-bond donors (Lipinski definition) is 1. The molecule has 208 valence electrons. The van der Waals surface area contributed by atoms with E-state index < -0.39 is 28.5 Å². The Bertz CT molecular complexity index is 1360. The second-order valence-corrected chi connectivity index (χ2v) is 10.9. The first-order valence-corrected chi connectivity index (χ1v) is 14.0. The van der Waals surface area contributed by atoms with Gasteiger partial charge in [0.2, 0.25) is 11.8 Å². The highest BCUT2D eigenvalue weighted by atomic mass is 35.5. The SMILES string of the molecule is CC[C@@H](C(=O)NC)N(Cc1ccc(OC)cc1)C(=O)CN(c1ccc(Cl)cc1)S(=O)(=O)c1ccc(OC)cc1. The lowest BCUT2D eigenvalue weighted by molar-refractivity contribution is -0.140. The van der Waals surface area contributed by atoms with Gasteiger partial charge in [0.15, 0.2) is 0 Å². The number of sulfonamides is 1. The molecule has 0 radical (unpaired) electrons. The van der Waals surface area contributed by atoms with Crippen molar-refractivity contribution < 1.29 is 27.5 Å². The lowest BCUT2D eigenvalue weighted by Gasteiger charge is -2.33. The minimum absolute atomic E-state index is 0.0221. The van der Waals surface area contributed by atoms with E-state index in [4.69, 9.17) is 21.1 Å². The summed E-state index contributed by atoms with van der Waals surface area (Å²) in [6.07, 6.45) is 0.327. The van der Waals surface area contributed by atoms with E-state index in [1.165, 1.54) is 55.5 Å². The van der Waals surface area contributed by atoms with Gasteiger partial charge in [-0.1, -0.05) is 30.7 Å². The molecule has 0 spiro atoms. The van der Waals surface area contributed by atoms with Crippen molar-refractivity contribution in [3.05, 3.63) is 83.4 Å². The van der Waals surface area contributed by atoms with Gasteiger partial charge in [-0.15, -0.1) is 0 Å². The molecular weight excluding hydrogens is 542 g/mol. The van der Waals surface area contributed by atoms with Crippen molar-refractivity contribution in [1.29, 1.82) is 0 Å². The summed E-state index contributed by atoms with van der Waals surface area (Å²) in [5, 5.41) is 3.02. The van der Waals surface area contributed by atoms with Gasteiger partial charge in [-0.25, -0.2) is 8.42 Å². The molecule has 0 heterocycles. The fourth-order valence-electron chi connectivity index (χ4n) is 4.02. The summed E-state index contributed by atoms with van der Waals surface area (Å²) in [7, 11) is 0.341. The zero-order valence-electron chi connectivity index (χ0n) is 22.3. The molecule has 0 saturated heterocycles. The van der Waals surface area contributed by atoms with Crippen LogP contribution >= 0.6 is 11.6 Å². The Kier molecular flexibility index (Phi) is 10.2. The van der Waals surface area contributed by atoms with Crippen molar-refractivity contribution in [3.8, 4) is 11.5 Å². The van der Waals surface area contributed by atoms with Crippen molar-refractivity contribution in [2.45, 2.75) is 30.8 Å². The minimum Gasteiger partial charge on any atom is -0.497 e. The predicted octanol–water partition coefficient (Wildman–Crippen LogP) is 4.11. The third-order valence-corrected chi connectivity index (χ3v) is 8.23. The zero-order chi connectivity index (χ0) is 28.6. The van der Waals surface area contributed by atoms with Crippen LogP contribution in [-0.4, -0.2) is 59.0 Å². The van der Waals surface area contributed by atoms with E-state index in [9.17, 15) is 18.0 Å². The largest absolute Gasteiger partial charge is 0.497 e. The quantitative estimate of drug-likeness (QED) is 0.350. The molecule has 0 aliphatic carbocycles. The Balaban J connectivity index is 2.04. The first kappa shape index (κ1) is 29.8. The van der Waals surface area contributed by atoms with E-state index >= 15 is 0 Å². The van der Waals surface area contributed by atoms with Crippen LogP contribution in [0.1, 0.15) is 18.9 Å². The fourth-order valence-corrected chi connectivity index (χ4v) is 5.56. The Morgan fingerprint density at radius 3 is 1.92 bits per heavy atom. The monoisotopic (exact) mass is 573 g/mol. The molecule has 11 heteroatoms. The number of hydrogen-bond acceptors (Lipinski definition) is 6. The van der Waals surface area contributed by atoms with Crippen LogP contribution in [0.4, 0.5) is 5.69 Å². The molecule has 1 atom stereocenters. The van der Waals surface area contributed by atoms with E-state index in [1.54, 1.807) is 50.4 Å². The highest BCUT2D eigenvalue weighted by Gasteiger charge is 2.33. The standard InChI is InChI=1S/C28H32ClN3O6S/c1-5-26(28(34)30-2)31(18-20-6-12-23(37-3)13-7-20)27(33)19-32(22-10-8-21(29)9-11-22)39(35,36)25-16-14-24(38-4)15-17-25/h6-17,26H,5,18-19H2,1-4H3,(H,30,34)/t26-/m0/s1. The maximum Gasteiger partial charge on any atom is 0.264 e. The van der Waals surface area contributed by atoms with Crippen LogP contribution in [0, 0.1) is 0 Å². The van der Waals surface area contributed by atoms with Crippen molar-refractivity contribution in [2.75, 3.05) is 32.1 Å². The smallest absolute Gasteiger partial charge is 0.264 e. The van der Waals surface area contributed by atoms with Crippen LogP contribution in [0.15, 0.2) is 77.7 Å². The molecule has 2 amide bonds. The van der Waals surface area contributed by atoms with Crippen molar-refractivity contribution in [2.24, 2.45) is 0 Å². The van der Waals surface area contributed by atoms with Gasteiger partial charge in [0.05, 0.1) is 24.8 Å². The van der Waals surface area contributed by atoms with E-state index in [0.717, 1.165) is 9.87 Å². The van der Waals surface area contributed by atoms with Gasteiger partial charge in [0, 0.05) is 18.6 Å². The summed E-state index contributed by atoms with van der Waals surface area (Å²) < 4.78 is 39.0. The van der Waals surface area contributed by atoms with Crippen LogP contribution in [-0.2, 0) is 26.2 Å². The van der Waals surface area contributed by atoms with E-state index in [2.05, 4.69) is 5.32 Å². The molecule has 39 heavy (non-hydrogen) atoms. The maximum absolute atomic E-state index is 13.9. The minimum atomic E-state index is -4.19. The lowest BCUT2D eigenvalue weighted by atomic mass is 10.1. The number of nitrogens with zero attached hydrogens (tertiary/aromatic N) is 2. The van der Waals surface area contributed by atoms with Crippen molar-refractivity contribution >= 4 is 39.1 Å². The number of carbonyl (C=O) groups excluding carboxylic acids is 2. The lowest BCUT2D eigenvalue weighted by Crippen LogP contribution is -2.51. The average molecular weight is 574 g/mol. The highest BCUT2D eigenvalue weighted by Crippen LogP contribution is 2.27. The topological polar surface area (TPSA) is 105 Å². The van der Waals surface area contributed by atoms with Crippen molar-refractivity contribution in [3.63, 3.8) is 0 Å². The number of benzene rings is 3. The molecular formula is C28H32ClN3O6S. The second kappa shape index (κ2) is 13.3. The molecule has 0 aliphatic rings. The Labute approximate surface area is 234 Å². The molecule has 0 aromatic heterocycles. The van der Waals surface area contributed by atoms with E-state index in [0.29, 0.717) is 22.9 Å². The van der Waals surface area contributed by atoms with Crippen LogP contribution in [0.25, 0.3) is 0 Å². The number of halogens is 1. The zero-order valence-corrected chi connectivity index (χ0v) is 23.8. The van der Waals surface area contributed by atoms with Crippen molar-refractivity contribution in [1.82, 2.24) is 10.2 Å². The summed E-state index contributed by atoms with van der Waals surface area (Å²) in [6, 6.07) is 18.3. The second-order valence-electron chi connectivity index (χ2n) is 8.57. The van der Waals surface area contributed by atoms with Crippen LogP contribution < -0.4 is 19.1 Å². The number of rotatable bonds is 12. The predicted molar refractivity (Wildman–Crippen MR) is 151 cm³/mol. The highest BCUT2D eigenvalue weighted by molar-refractivity contribution is 7.92. The average Bonchev–Trinajstić information content (AvgIpc) is 2.96. The fraction of sp³-hybridized carbons (Fsp3) is 0.286. The summed E-state index contributed by atoms with van der Waals surface area (Å²) >= 11 is 6.05. The van der Waals surface area contributed by atoms with Gasteiger partial charge in [-0.3, -0.25) is 13.9 Å². The Hall–Kier alpha value is -3.76. The number of likely N-dealkylation sites (N-methyl/N-ethyl adjacent to an activating group) is 1. The number of amides is 2. The van der Waals surface area contributed by atoms with Gasteiger partial charge in [0.1, 0.15) is 24.1 Å². The molecule has 0 fully saturated rings. The Morgan fingerprint density at radius 1 is 0.897 bits per heavy atom. The van der Waals surface area contributed by atoms with E-state index in [-0.39, 0.29) is 23.0 Å². The normalized spacial score (nSPS) is 11.8. The maximum atomic E-state index is 13.9. The molecule has 3 aromatic carbocycles. The van der Waals surface area contributed by atoms with Gasteiger partial charge in [0.25, 0.3) is 10.0 Å². The first-order chi connectivity index (χ1) is 18.6. The number of nitrogens with one attached hydrogen (secondary N) is 1. The molecule has 9 nitrogen and oxygen atoms in total. The third kappa shape index (κ3) is 7.21. The first-order valence-electron chi connectivity index (χ1n) is 12.2. The molecule has 0 saturated carbocycles. The summed E-state index contributed by atoms with van der Waals surface area (Å²) in [6.45, 7) is 1.34. The van der Waals surface area contributed by atoms with Gasteiger partial charge >= 0.3 is 0 Å². The number of methoxy groups -OCH3 is 2. The molecule has 0 unspecified atom stereocenters. The molecule has 0 aliphatic heterocycles. The van der Waals surface area contributed by atoms with Crippen LogP contribution in [0.2, 0.25) is 5.02 Å². The molecule has 3 aromatic rings. The van der Waals surface area contributed by atoms with Gasteiger partial charge in [-0.2, -0.15) is 0 Å². The van der Waals surface area contributed by atoms with Gasteiger partial charge < -0.3 is 19.7 Å². The molecule has 3 rings (SSSR count). The van der Waals surface area contributed by atoms with Gasteiger partial charge in [-0.05, 0) is 72.6 Å². The number of ether oxygens (including phenoxy) is 2. The van der Waals surface area contributed by atoms with Crippen LogP contribution in [0.5, 0.6) is 11.5 Å². The molecule has 1 N–H and O–H groups in total. The van der Waals surface area contributed by atoms with Crippen LogP contribution in [0.3, 0.4) is 0 Å². The van der Waals surface area contributed by atoms with E-state index in [1.807, 2.05) is 0 Å². The molecule has 0 bridgehead atoms. The summed E-state index contributed by atoms with van der Waals surface area (Å²) in [4.78, 5) is 28.0. The number of anilines is 1. The summed E-state index contributed by atoms with van der Waals surface area (Å²) in [5.74, 6) is 0.239. The third-order valence-electron chi connectivity index (χ3n) is 6.19. The summed E-state index contributed by atoms with van der Waals surface area (Å²) in [5.41, 5.74) is 1.00. The Morgan fingerprint density at radius 2 is 1.44 bits per heavy atom.